The number of anilines is 2. The Kier molecular flexibility index (Phi) is 5.23. The van der Waals surface area contributed by atoms with Gasteiger partial charge in [0.15, 0.2) is 0 Å². The smallest absolute Gasteiger partial charge is 0.208 e. The van der Waals surface area contributed by atoms with E-state index in [1.54, 1.807) is 6.33 Å². The molecule has 4 rings (SSSR count). The van der Waals surface area contributed by atoms with Crippen molar-refractivity contribution in [3.05, 3.63) is 57.7 Å². The molecule has 134 valence electrons. The third-order valence-electron chi connectivity index (χ3n) is 4.44. The summed E-state index contributed by atoms with van der Waals surface area (Å²) < 4.78 is 5.48. The molecule has 0 bridgehead atoms. The summed E-state index contributed by atoms with van der Waals surface area (Å²) in [5, 5.41) is 4.12. The standard InChI is InChI=1S/C18H19BrN6S/c1-2-16-22-18(26-24-16)23-17-13-10-25(8-7-15(13)20-11-21-17)9-12-5-3-4-6-14(12)19/h3-6,11H,2,7-10H2,1H3,(H,20,21,22,23,24). The number of aryl methyl sites for hydroxylation is 1. The lowest BCUT2D eigenvalue weighted by Crippen LogP contribution is -2.31. The maximum Gasteiger partial charge on any atom is 0.208 e. The summed E-state index contributed by atoms with van der Waals surface area (Å²) in [6.45, 7) is 4.76. The van der Waals surface area contributed by atoms with E-state index in [4.69, 9.17) is 0 Å². The van der Waals surface area contributed by atoms with E-state index in [9.17, 15) is 0 Å². The Balaban J connectivity index is 1.54. The van der Waals surface area contributed by atoms with E-state index >= 15 is 0 Å². The van der Waals surface area contributed by atoms with Crippen molar-refractivity contribution in [2.24, 2.45) is 0 Å². The van der Waals surface area contributed by atoms with Crippen molar-refractivity contribution < 1.29 is 0 Å². The molecule has 1 aromatic carbocycles. The number of halogens is 1. The number of rotatable bonds is 5. The van der Waals surface area contributed by atoms with E-state index in [-0.39, 0.29) is 0 Å². The van der Waals surface area contributed by atoms with Crippen molar-refractivity contribution in [1.82, 2.24) is 24.2 Å². The van der Waals surface area contributed by atoms with Gasteiger partial charge in [-0.1, -0.05) is 41.1 Å². The predicted molar refractivity (Wildman–Crippen MR) is 107 cm³/mol. The third-order valence-corrected chi connectivity index (χ3v) is 5.88. The molecular formula is C18H19BrN6S. The van der Waals surface area contributed by atoms with Gasteiger partial charge >= 0.3 is 0 Å². The Hall–Kier alpha value is -1.90. The minimum Gasteiger partial charge on any atom is -0.315 e. The van der Waals surface area contributed by atoms with Gasteiger partial charge in [-0.3, -0.25) is 4.90 Å². The Morgan fingerprint density at radius 3 is 2.96 bits per heavy atom. The first-order valence-electron chi connectivity index (χ1n) is 8.61. The summed E-state index contributed by atoms with van der Waals surface area (Å²) in [5.41, 5.74) is 3.56. The molecule has 0 saturated carbocycles. The van der Waals surface area contributed by atoms with Crippen LogP contribution < -0.4 is 5.32 Å². The zero-order chi connectivity index (χ0) is 17.9. The first kappa shape index (κ1) is 17.5. The van der Waals surface area contributed by atoms with Gasteiger partial charge in [-0.2, -0.15) is 4.37 Å². The Morgan fingerprint density at radius 2 is 2.15 bits per heavy atom. The molecule has 3 aromatic rings. The highest BCUT2D eigenvalue weighted by Gasteiger charge is 2.22. The highest BCUT2D eigenvalue weighted by molar-refractivity contribution is 9.10. The topological polar surface area (TPSA) is 66.8 Å². The van der Waals surface area contributed by atoms with Crippen LogP contribution in [-0.2, 0) is 25.9 Å². The summed E-state index contributed by atoms with van der Waals surface area (Å²) >= 11 is 5.02. The summed E-state index contributed by atoms with van der Waals surface area (Å²) in [5.74, 6) is 1.70. The van der Waals surface area contributed by atoms with Crippen LogP contribution in [0.25, 0.3) is 0 Å². The molecule has 6 nitrogen and oxygen atoms in total. The summed E-state index contributed by atoms with van der Waals surface area (Å²) in [6.07, 6.45) is 3.39. The van der Waals surface area contributed by atoms with Crippen LogP contribution in [0.5, 0.6) is 0 Å². The van der Waals surface area contributed by atoms with Crippen molar-refractivity contribution in [3.8, 4) is 0 Å². The molecule has 1 aliphatic heterocycles. The molecule has 0 fully saturated rings. The number of hydrogen-bond donors (Lipinski definition) is 1. The van der Waals surface area contributed by atoms with Gasteiger partial charge in [0.1, 0.15) is 18.0 Å². The van der Waals surface area contributed by atoms with Crippen LogP contribution in [0.4, 0.5) is 10.9 Å². The van der Waals surface area contributed by atoms with Crippen LogP contribution >= 0.6 is 27.5 Å². The number of hydrogen-bond acceptors (Lipinski definition) is 7. The number of fused-ring (bicyclic) bond motifs is 1. The van der Waals surface area contributed by atoms with Gasteiger partial charge in [-0.15, -0.1) is 0 Å². The quantitative estimate of drug-likeness (QED) is 0.660. The van der Waals surface area contributed by atoms with E-state index in [1.807, 2.05) is 6.07 Å². The van der Waals surface area contributed by atoms with Crippen LogP contribution in [0.3, 0.4) is 0 Å². The van der Waals surface area contributed by atoms with Gasteiger partial charge in [0.2, 0.25) is 5.13 Å². The molecule has 0 radical (unpaired) electrons. The van der Waals surface area contributed by atoms with Crippen LogP contribution in [0, 0.1) is 0 Å². The van der Waals surface area contributed by atoms with Crippen molar-refractivity contribution in [3.63, 3.8) is 0 Å². The first-order valence-corrected chi connectivity index (χ1v) is 10.2. The van der Waals surface area contributed by atoms with Crippen LogP contribution in [-0.4, -0.2) is 30.8 Å². The van der Waals surface area contributed by atoms with Gasteiger partial charge in [0.05, 0.1) is 5.69 Å². The fraction of sp³-hybridized carbons (Fsp3) is 0.333. The second kappa shape index (κ2) is 7.77. The van der Waals surface area contributed by atoms with Crippen LogP contribution in [0.15, 0.2) is 35.1 Å². The molecule has 1 N–H and O–H groups in total. The molecular weight excluding hydrogens is 412 g/mol. The molecule has 0 spiro atoms. The van der Waals surface area contributed by atoms with E-state index in [1.165, 1.54) is 17.1 Å². The normalized spacial score (nSPS) is 14.2. The molecule has 0 saturated heterocycles. The predicted octanol–water partition coefficient (Wildman–Crippen LogP) is 3.95. The highest BCUT2D eigenvalue weighted by atomic mass is 79.9. The maximum absolute atomic E-state index is 4.49. The number of nitrogens with one attached hydrogen (secondary N) is 1. The molecule has 2 aromatic heterocycles. The molecule has 0 aliphatic carbocycles. The van der Waals surface area contributed by atoms with Crippen molar-refractivity contribution in [1.29, 1.82) is 0 Å². The van der Waals surface area contributed by atoms with E-state index in [2.05, 4.69) is 70.6 Å². The molecule has 0 amide bonds. The molecule has 1 aliphatic rings. The molecule has 8 heteroatoms. The maximum atomic E-state index is 4.49. The van der Waals surface area contributed by atoms with Gasteiger partial charge in [0.25, 0.3) is 0 Å². The second-order valence-electron chi connectivity index (χ2n) is 6.19. The van der Waals surface area contributed by atoms with Crippen molar-refractivity contribution >= 4 is 38.4 Å². The zero-order valence-corrected chi connectivity index (χ0v) is 16.8. The summed E-state index contributed by atoms with van der Waals surface area (Å²) in [4.78, 5) is 15.9. The number of benzene rings is 1. The van der Waals surface area contributed by atoms with Gasteiger partial charge < -0.3 is 5.32 Å². The van der Waals surface area contributed by atoms with E-state index < -0.39 is 0 Å². The third kappa shape index (κ3) is 3.77. The van der Waals surface area contributed by atoms with Crippen molar-refractivity contribution in [2.75, 3.05) is 11.9 Å². The lowest BCUT2D eigenvalue weighted by molar-refractivity contribution is 0.243. The van der Waals surface area contributed by atoms with E-state index in [0.29, 0.717) is 0 Å². The highest BCUT2D eigenvalue weighted by Crippen LogP contribution is 2.28. The van der Waals surface area contributed by atoms with Gasteiger partial charge in [-0.25, -0.2) is 15.0 Å². The minimum atomic E-state index is 0.783. The van der Waals surface area contributed by atoms with Gasteiger partial charge in [-0.05, 0) is 11.6 Å². The zero-order valence-electron chi connectivity index (χ0n) is 14.4. The second-order valence-corrected chi connectivity index (χ2v) is 7.80. The lowest BCUT2D eigenvalue weighted by Gasteiger charge is -2.29. The molecule has 26 heavy (non-hydrogen) atoms. The summed E-state index contributed by atoms with van der Waals surface area (Å²) in [7, 11) is 0. The largest absolute Gasteiger partial charge is 0.315 e. The van der Waals surface area contributed by atoms with Crippen LogP contribution in [0.2, 0.25) is 0 Å². The number of aromatic nitrogens is 4. The van der Waals surface area contributed by atoms with E-state index in [0.717, 1.165) is 65.0 Å². The lowest BCUT2D eigenvalue weighted by atomic mass is 10.1. The monoisotopic (exact) mass is 430 g/mol. The minimum absolute atomic E-state index is 0.783. The van der Waals surface area contributed by atoms with Crippen molar-refractivity contribution in [2.45, 2.75) is 32.9 Å². The molecule has 3 heterocycles. The molecule has 0 unspecified atom stereocenters. The van der Waals surface area contributed by atoms with Gasteiger partial charge in [0, 0.05) is 54.0 Å². The average molecular weight is 431 g/mol. The fourth-order valence-corrected chi connectivity index (χ4v) is 4.12. The Labute approximate surface area is 165 Å². The Bertz CT molecular complexity index is 912. The summed E-state index contributed by atoms with van der Waals surface area (Å²) in [6, 6.07) is 8.37. The fourth-order valence-electron chi connectivity index (χ4n) is 3.06. The first-order chi connectivity index (χ1) is 12.7. The SMILES string of the molecule is CCc1nsc(Nc2ncnc3c2CN(Cc2ccccc2Br)CC3)n1. The van der Waals surface area contributed by atoms with Crippen LogP contribution in [0.1, 0.15) is 29.6 Å². The molecule has 0 atom stereocenters. The Morgan fingerprint density at radius 1 is 1.27 bits per heavy atom. The average Bonchev–Trinajstić information content (AvgIpc) is 3.12. The number of nitrogens with zero attached hydrogens (tertiary/aromatic N) is 5.